The van der Waals surface area contributed by atoms with E-state index in [9.17, 15) is 4.79 Å². The molecule has 0 fully saturated rings. The average Bonchev–Trinajstić information content (AvgIpc) is 3.09. The minimum absolute atomic E-state index is 0.285. The van der Waals surface area contributed by atoms with E-state index in [1.807, 2.05) is 55.5 Å². The average molecular weight is 445 g/mol. The molecule has 2 aromatic heterocycles. The van der Waals surface area contributed by atoms with Gasteiger partial charge in [-0.25, -0.2) is 14.8 Å². The molecule has 4 aromatic rings. The van der Waals surface area contributed by atoms with Crippen molar-refractivity contribution in [2.24, 2.45) is 0 Å². The summed E-state index contributed by atoms with van der Waals surface area (Å²) in [4.78, 5) is 22.7. The summed E-state index contributed by atoms with van der Waals surface area (Å²) in [5.41, 5.74) is 11.2. The molecule has 0 amide bonds. The van der Waals surface area contributed by atoms with Crippen molar-refractivity contribution in [1.29, 1.82) is 0 Å². The summed E-state index contributed by atoms with van der Waals surface area (Å²) in [5, 5.41) is 0. The maximum absolute atomic E-state index is 13.1. The van der Waals surface area contributed by atoms with E-state index in [1.165, 1.54) is 32.1 Å². The zero-order valence-electron chi connectivity index (χ0n) is 19.5. The van der Waals surface area contributed by atoms with Gasteiger partial charge in [0.15, 0.2) is 5.65 Å². The highest BCUT2D eigenvalue weighted by molar-refractivity contribution is 6.09. The van der Waals surface area contributed by atoms with Crippen LogP contribution in [0.4, 0.5) is 5.82 Å². The second-order valence-corrected chi connectivity index (χ2v) is 8.58. The maximum atomic E-state index is 13.1. The number of carbonyl (C=O) groups is 1. The first-order chi connectivity index (χ1) is 16.1. The van der Waals surface area contributed by atoms with Gasteiger partial charge in [0.1, 0.15) is 16.9 Å². The van der Waals surface area contributed by atoms with Crippen LogP contribution in [0.25, 0.3) is 27.9 Å². The highest BCUT2D eigenvalue weighted by atomic mass is 16.5. The van der Waals surface area contributed by atoms with Gasteiger partial charge in [0.2, 0.25) is 0 Å². The molecule has 6 heteroatoms. The molecular weight excluding hydrogens is 412 g/mol. The van der Waals surface area contributed by atoms with Crippen molar-refractivity contribution >= 4 is 34.0 Å². The Balaban J connectivity index is 1.63. The number of anilines is 1. The molecule has 0 aliphatic heterocycles. The molecule has 0 unspecified atom stereocenters. The molecule has 0 bridgehead atoms. The van der Waals surface area contributed by atoms with E-state index in [0.29, 0.717) is 29.1 Å². The van der Waals surface area contributed by atoms with Crippen LogP contribution in [-0.2, 0) is 4.74 Å². The largest absolute Gasteiger partial charge is 0.462 e. The van der Waals surface area contributed by atoms with Crippen LogP contribution in [0.3, 0.4) is 0 Å². The van der Waals surface area contributed by atoms with E-state index in [2.05, 4.69) is 6.92 Å². The van der Waals surface area contributed by atoms with Crippen LogP contribution in [0.5, 0.6) is 0 Å². The summed E-state index contributed by atoms with van der Waals surface area (Å²) in [7, 11) is 0. The Morgan fingerprint density at radius 3 is 2.36 bits per heavy atom. The fraction of sp³-hybridized carbons (Fsp3) is 0.370. The lowest BCUT2D eigenvalue weighted by Crippen LogP contribution is -2.10. The van der Waals surface area contributed by atoms with Crippen LogP contribution in [0.2, 0.25) is 0 Å². The topological polar surface area (TPSA) is 83.0 Å². The van der Waals surface area contributed by atoms with Gasteiger partial charge in [-0.1, -0.05) is 69.7 Å². The Morgan fingerprint density at radius 2 is 1.64 bits per heavy atom. The third-order valence-corrected chi connectivity index (χ3v) is 5.94. The molecule has 172 valence electrons. The molecule has 0 radical (unpaired) electrons. The van der Waals surface area contributed by atoms with Crippen LogP contribution in [0, 0.1) is 6.92 Å². The Kier molecular flexibility index (Phi) is 7.23. The van der Waals surface area contributed by atoms with Gasteiger partial charge in [0.25, 0.3) is 0 Å². The molecule has 0 saturated carbocycles. The van der Waals surface area contributed by atoms with Crippen LogP contribution in [0.15, 0.2) is 48.5 Å². The number of para-hydroxylation sites is 2. The summed E-state index contributed by atoms with van der Waals surface area (Å²) < 4.78 is 7.43. The van der Waals surface area contributed by atoms with Crippen molar-refractivity contribution in [3.8, 4) is 5.69 Å². The number of carbonyl (C=O) groups excluding carboxylic acids is 1. The first-order valence-corrected chi connectivity index (χ1v) is 11.9. The number of aromatic nitrogens is 3. The van der Waals surface area contributed by atoms with Crippen molar-refractivity contribution in [1.82, 2.24) is 14.5 Å². The quantitative estimate of drug-likeness (QED) is 0.227. The maximum Gasteiger partial charge on any atom is 0.344 e. The Hall–Kier alpha value is -3.41. The second kappa shape index (κ2) is 10.5. The predicted molar refractivity (Wildman–Crippen MR) is 134 cm³/mol. The van der Waals surface area contributed by atoms with Crippen LogP contribution >= 0.6 is 0 Å². The summed E-state index contributed by atoms with van der Waals surface area (Å²) in [5.74, 6) is -0.144. The van der Waals surface area contributed by atoms with E-state index < -0.39 is 5.97 Å². The van der Waals surface area contributed by atoms with Gasteiger partial charge in [0, 0.05) is 5.69 Å². The lowest BCUT2D eigenvalue weighted by molar-refractivity contribution is 0.0501. The Labute approximate surface area is 194 Å². The number of benzene rings is 2. The van der Waals surface area contributed by atoms with Crippen LogP contribution < -0.4 is 5.73 Å². The van der Waals surface area contributed by atoms with E-state index in [-0.39, 0.29) is 5.56 Å². The number of nitrogens with zero attached hydrogens (tertiary/aromatic N) is 3. The summed E-state index contributed by atoms with van der Waals surface area (Å²) >= 11 is 0. The van der Waals surface area contributed by atoms with Gasteiger partial charge in [-0.3, -0.25) is 4.57 Å². The molecule has 6 nitrogen and oxygen atoms in total. The van der Waals surface area contributed by atoms with E-state index in [0.717, 1.165) is 29.6 Å². The molecule has 0 atom stereocenters. The second-order valence-electron chi connectivity index (χ2n) is 8.58. The first kappa shape index (κ1) is 22.8. The summed E-state index contributed by atoms with van der Waals surface area (Å²) in [6, 6.07) is 15.6. The van der Waals surface area contributed by atoms with Gasteiger partial charge in [-0.05, 0) is 43.2 Å². The number of fused-ring (bicyclic) bond motifs is 2. The fourth-order valence-corrected chi connectivity index (χ4v) is 4.19. The van der Waals surface area contributed by atoms with Crippen molar-refractivity contribution in [2.45, 2.75) is 58.8 Å². The number of aryl methyl sites for hydroxylation is 1. The number of hydrogen-bond donors (Lipinski definition) is 1. The predicted octanol–water partition coefficient (Wildman–Crippen LogP) is 6.37. The zero-order valence-corrected chi connectivity index (χ0v) is 19.5. The first-order valence-electron chi connectivity index (χ1n) is 11.9. The smallest absolute Gasteiger partial charge is 0.344 e. The van der Waals surface area contributed by atoms with Gasteiger partial charge in [0.05, 0.1) is 17.6 Å². The molecule has 0 spiro atoms. The van der Waals surface area contributed by atoms with E-state index in [4.69, 9.17) is 20.4 Å². The highest BCUT2D eigenvalue weighted by Gasteiger charge is 2.26. The van der Waals surface area contributed by atoms with Crippen LogP contribution in [0.1, 0.15) is 67.8 Å². The molecule has 2 heterocycles. The molecular formula is C27H32N4O2. The molecule has 2 N–H and O–H groups in total. The minimum Gasteiger partial charge on any atom is -0.462 e. The van der Waals surface area contributed by atoms with Crippen molar-refractivity contribution in [2.75, 3.05) is 12.3 Å². The number of hydrogen-bond acceptors (Lipinski definition) is 5. The van der Waals surface area contributed by atoms with Gasteiger partial charge in [-0.15, -0.1) is 0 Å². The number of nitrogens with two attached hydrogens (primary N) is 1. The molecule has 0 aliphatic rings. The molecule has 0 saturated heterocycles. The molecule has 0 aliphatic carbocycles. The van der Waals surface area contributed by atoms with Gasteiger partial charge < -0.3 is 10.5 Å². The summed E-state index contributed by atoms with van der Waals surface area (Å²) in [6.45, 7) is 4.61. The minimum atomic E-state index is -0.445. The summed E-state index contributed by atoms with van der Waals surface area (Å²) in [6.07, 6.45) is 8.12. The monoisotopic (exact) mass is 444 g/mol. The van der Waals surface area contributed by atoms with Crippen molar-refractivity contribution in [3.05, 3.63) is 59.7 Å². The number of ether oxygens (including phenoxy) is 1. The number of nitrogen functional groups attached to an aromatic ring is 1. The van der Waals surface area contributed by atoms with Crippen molar-refractivity contribution in [3.63, 3.8) is 0 Å². The Bertz CT molecular complexity index is 1260. The van der Waals surface area contributed by atoms with E-state index in [1.54, 1.807) is 4.57 Å². The molecule has 33 heavy (non-hydrogen) atoms. The highest BCUT2D eigenvalue weighted by Crippen LogP contribution is 2.31. The number of rotatable bonds is 10. The molecule has 2 aromatic carbocycles. The third kappa shape index (κ3) is 5.00. The zero-order chi connectivity index (χ0) is 23.2. The number of unbranched alkanes of at least 4 members (excludes halogenated alkanes) is 6. The van der Waals surface area contributed by atoms with Crippen molar-refractivity contribution < 1.29 is 9.53 Å². The lowest BCUT2D eigenvalue weighted by Gasteiger charge is -2.09. The fourth-order valence-electron chi connectivity index (χ4n) is 4.19. The van der Waals surface area contributed by atoms with Gasteiger partial charge >= 0.3 is 5.97 Å². The molecule has 4 rings (SSSR count). The number of esters is 1. The third-order valence-electron chi connectivity index (χ3n) is 5.94. The normalized spacial score (nSPS) is 11.3. The lowest BCUT2D eigenvalue weighted by atomic mass is 10.1. The van der Waals surface area contributed by atoms with E-state index >= 15 is 0 Å². The van der Waals surface area contributed by atoms with Crippen LogP contribution in [-0.4, -0.2) is 27.1 Å². The Morgan fingerprint density at radius 1 is 0.939 bits per heavy atom. The van der Waals surface area contributed by atoms with Gasteiger partial charge in [-0.2, -0.15) is 0 Å². The standard InChI is InChI=1S/C27H32N4O2/c1-3-4-5-6-7-8-11-17-33-27(32)23-24-26(30-22-16-10-9-15-21(22)29-24)31(25(23)28)20-14-12-13-19(2)18-20/h9-10,12-16,18H,3-8,11,17,28H2,1-2H3. The SMILES string of the molecule is CCCCCCCCCOC(=O)c1c(N)n(-c2cccc(C)c2)c2nc3ccccc3nc12.